The number of nitrogens with two attached hydrogens (primary N) is 1. The van der Waals surface area contributed by atoms with Gasteiger partial charge >= 0.3 is 0 Å². The SMILES string of the molecule is N[P+](Cc1ccccn1)(c1ccccc1)c1ccccc1. The van der Waals surface area contributed by atoms with Crippen molar-refractivity contribution in [1.29, 1.82) is 0 Å². The molecular weight excluding hydrogens is 275 g/mol. The molecule has 3 rings (SSSR count). The van der Waals surface area contributed by atoms with E-state index in [1.165, 1.54) is 10.6 Å². The topological polar surface area (TPSA) is 38.9 Å². The molecule has 2 N–H and O–H groups in total. The van der Waals surface area contributed by atoms with Gasteiger partial charge in [-0.1, -0.05) is 42.5 Å². The highest BCUT2D eigenvalue weighted by atomic mass is 31.2. The van der Waals surface area contributed by atoms with E-state index in [2.05, 4.69) is 53.5 Å². The first-order valence-corrected chi connectivity index (χ1v) is 9.01. The maximum Gasteiger partial charge on any atom is 0.148 e. The summed E-state index contributed by atoms with van der Waals surface area (Å²) >= 11 is 0. The molecule has 0 bridgehead atoms. The van der Waals surface area contributed by atoms with Crippen molar-refractivity contribution in [2.75, 3.05) is 0 Å². The van der Waals surface area contributed by atoms with Crippen molar-refractivity contribution in [3.8, 4) is 0 Å². The van der Waals surface area contributed by atoms with Crippen LogP contribution in [0.3, 0.4) is 0 Å². The molecule has 21 heavy (non-hydrogen) atoms. The minimum absolute atomic E-state index is 0.780. The Morgan fingerprint density at radius 3 is 1.71 bits per heavy atom. The number of benzene rings is 2. The van der Waals surface area contributed by atoms with Crippen molar-refractivity contribution >= 4 is 18.0 Å². The summed E-state index contributed by atoms with van der Waals surface area (Å²) in [7, 11) is -1.96. The summed E-state index contributed by atoms with van der Waals surface area (Å²) in [5, 5.41) is 2.42. The summed E-state index contributed by atoms with van der Waals surface area (Å²) in [5.41, 5.74) is 7.99. The van der Waals surface area contributed by atoms with Gasteiger partial charge < -0.3 is 0 Å². The fourth-order valence-corrected chi connectivity index (χ4v) is 5.24. The van der Waals surface area contributed by atoms with E-state index in [4.69, 9.17) is 5.50 Å². The van der Waals surface area contributed by atoms with Crippen LogP contribution in [0.1, 0.15) is 5.69 Å². The van der Waals surface area contributed by atoms with Gasteiger partial charge in [-0.2, -0.15) is 5.50 Å². The van der Waals surface area contributed by atoms with Gasteiger partial charge in [0.25, 0.3) is 0 Å². The number of nitrogens with zero attached hydrogens (tertiary/aromatic N) is 1. The van der Waals surface area contributed by atoms with E-state index in [1.54, 1.807) is 0 Å². The number of hydrogen-bond donors (Lipinski definition) is 1. The first kappa shape index (κ1) is 13.9. The van der Waals surface area contributed by atoms with E-state index in [0.29, 0.717) is 0 Å². The highest BCUT2D eigenvalue weighted by Gasteiger charge is 2.39. The molecule has 2 aromatic carbocycles. The quantitative estimate of drug-likeness (QED) is 0.751. The molecule has 0 atom stereocenters. The van der Waals surface area contributed by atoms with Crippen molar-refractivity contribution < 1.29 is 0 Å². The molecule has 0 unspecified atom stereocenters. The van der Waals surface area contributed by atoms with Crippen molar-refractivity contribution in [3.63, 3.8) is 0 Å². The third-order valence-electron chi connectivity index (χ3n) is 3.57. The molecule has 0 amide bonds. The summed E-state index contributed by atoms with van der Waals surface area (Å²) < 4.78 is 0. The van der Waals surface area contributed by atoms with Gasteiger partial charge in [0.1, 0.15) is 24.2 Å². The summed E-state index contributed by atoms with van der Waals surface area (Å²) in [5.74, 6) is 0. The Balaban J connectivity index is 2.07. The number of hydrogen-bond acceptors (Lipinski definition) is 2. The van der Waals surface area contributed by atoms with E-state index < -0.39 is 7.41 Å². The number of rotatable bonds is 4. The van der Waals surface area contributed by atoms with Crippen LogP contribution < -0.4 is 16.1 Å². The van der Waals surface area contributed by atoms with Crippen LogP contribution in [0.4, 0.5) is 0 Å². The van der Waals surface area contributed by atoms with Crippen molar-refractivity contribution in [2.24, 2.45) is 5.50 Å². The largest absolute Gasteiger partial charge is 0.257 e. The van der Waals surface area contributed by atoms with Gasteiger partial charge in [-0.15, -0.1) is 0 Å². The zero-order valence-electron chi connectivity index (χ0n) is 11.8. The van der Waals surface area contributed by atoms with Gasteiger partial charge in [0, 0.05) is 6.20 Å². The van der Waals surface area contributed by atoms with E-state index >= 15 is 0 Å². The lowest BCUT2D eigenvalue weighted by Crippen LogP contribution is -2.30. The highest BCUT2D eigenvalue weighted by molar-refractivity contribution is 7.86. The molecule has 0 radical (unpaired) electrons. The predicted molar refractivity (Wildman–Crippen MR) is 91.2 cm³/mol. The third kappa shape index (κ3) is 3.02. The molecule has 1 heterocycles. The van der Waals surface area contributed by atoms with Gasteiger partial charge in [-0.25, -0.2) is 0 Å². The normalized spacial score (nSPS) is 11.3. The smallest absolute Gasteiger partial charge is 0.148 e. The highest BCUT2D eigenvalue weighted by Crippen LogP contribution is 2.50. The molecule has 0 spiro atoms. The Morgan fingerprint density at radius 2 is 1.24 bits per heavy atom. The maximum absolute atomic E-state index is 6.94. The summed E-state index contributed by atoms with van der Waals surface area (Å²) in [4.78, 5) is 4.46. The van der Waals surface area contributed by atoms with Gasteiger partial charge in [0.05, 0.1) is 5.69 Å². The van der Waals surface area contributed by atoms with Gasteiger partial charge in [0.15, 0.2) is 0 Å². The predicted octanol–water partition coefficient (Wildman–Crippen LogP) is 3.12. The third-order valence-corrected chi connectivity index (χ3v) is 6.83. The van der Waals surface area contributed by atoms with Crippen LogP contribution >= 0.6 is 7.41 Å². The molecule has 0 aliphatic rings. The Kier molecular flexibility index (Phi) is 4.10. The minimum atomic E-state index is -1.96. The van der Waals surface area contributed by atoms with Crippen molar-refractivity contribution in [3.05, 3.63) is 90.8 Å². The number of pyridine rings is 1. The molecule has 1 aromatic heterocycles. The lowest BCUT2D eigenvalue weighted by molar-refractivity contribution is 1.16. The lowest BCUT2D eigenvalue weighted by Gasteiger charge is -2.21. The average Bonchev–Trinajstić information content (AvgIpc) is 2.57. The first-order chi connectivity index (χ1) is 10.3. The molecule has 3 aromatic rings. The fraction of sp³-hybridized carbons (Fsp3) is 0.0556. The van der Waals surface area contributed by atoms with E-state index in [0.717, 1.165) is 11.9 Å². The van der Waals surface area contributed by atoms with Crippen LogP contribution in [-0.2, 0) is 6.16 Å². The molecule has 0 saturated carbocycles. The summed E-state index contributed by atoms with van der Waals surface area (Å²) in [6, 6.07) is 26.8. The van der Waals surface area contributed by atoms with Crippen LogP contribution in [0.5, 0.6) is 0 Å². The number of aromatic nitrogens is 1. The first-order valence-electron chi connectivity index (χ1n) is 6.97. The molecular formula is C18H18N2P+. The fourth-order valence-electron chi connectivity index (χ4n) is 2.47. The van der Waals surface area contributed by atoms with E-state index in [9.17, 15) is 0 Å². The molecule has 3 heteroatoms. The minimum Gasteiger partial charge on any atom is -0.257 e. The second-order valence-electron chi connectivity index (χ2n) is 5.02. The molecule has 0 aliphatic carbocycles. The zero-order chi connectivity index (χ0) is 14.5. The van der Waals surface area contributed by atoms with Crippen LogP contribution in [0.25, 0.3) is 0 Å². The van der Waals surface area contributed by atoms with Crippen molar-refractivity contribution in [2.45, 2.75) is 6.16 Å². The van der Waals surface area contributed by atoms with Gasteiger partial charge in [0.2, 0.25) is 0 Å². The Bertz CT molecular complexity index is 645. The second kappa shape index (κ2) is 6.17. The lowest BCUT2D eigenvalue weighted by atomic mass is 10.4. The maximum atomic E-state index is 6.94. The average molecular weight is 293 g/mol. The molecule has 0 fully saturated rings. The molecule has 104 valence electrons. The van der Waals surface area contributed by atoms with Crippen molar-refractivity contribution in [1.82, 2.24) is 4.98 Å². The van der Waals surface area contributed by atoms with Crippen LogP contribution in [0.2, 0.25) is 0 Å². The van der Waals surface area contributed by atoms with Crippen LogP contribution in [-0.4, -0.2) is 4.98 Å². The van der Waals surface area contributed by atoms with E-state index in [-0.39, 0.29) is 0 Å². The monoisotopic (exact) mass is 293 g/mol. The standard InChI is InChI=1S/C18H18N2P/c19-21(17-10-3-1-4-11-17,18-12-5-2-6-13-18)15-16-9-7-8-14-20-16/h1-14H,15,19H2/q+1. The second-order valence-corrected chi connectivity index (χ2v) is 8.11. The summed E-state index contributed by atoms with van der Waals surface area (Å²) in [6.07, 6.45) is 2.61. The Labute approximate surface area is 126 Å². The van der Waals surface area contributed by atoms with Gasteiger partial charge in [-0.05, 0) is 36.4 Å². The Hall–Kier alpha value is -2.02. The summed E-state index contributed by atoms with van der Waals surface area (Å²) in [6.45, 7) is 0. The van der Waals surface area contributed by atoms with Crippen LogP contribution in [0.15, 0.2) is 85.1 Å². The molecule has 0 saturated heterocycles. The Morgan fingerprint density at radius 1 is 0.714 bits per heavy atom. The zero-order valence-corrected chi connectivity index (χ0v) is 12.7. The molecule has 0 aliphatic heterocycles. The van der Waals surface area contributed by atoms with E-state index in [1.807, 2.05) is 36.5 Å². The van der Waals surface area contributed by atoms with Crippen LogP contribution in [0, 0.1) is 0 Å². The molecule has 2 nitrogen and oxygen atoms in total. The van der Waals surface area contributed by atoms with Gasteiger partial charge in [-0.3, -0.25) is 4.98 Å².